The summed E-state index contributed by atoms with van der Waals surface area (Å²) in [6, 6.07) is 0. The Morgan fingerprint density at radius 2 is 2.19 bits per heavy atom. The number of likely N-dealkylation sites (tertiary alicyclic amines) is 1. The molecule has 0 bridgehead atoms. The molecule has 1 amide bonds. The van der Waals surface area contributed by atoms with Gasteiger partial charge >= 0.3 is 0 Å². The fourth-order valence-corrected chi connectivity index (χ4v) is 2.24. The van der Waals surface area contributed by atoms with Crippen molar-refractivity contribution < 1.29 is 14.3 Å². The van der Waals surface area contributed by atoms with Gasteiger partial charge in [0.1, 0.15) is 6.10 Å². The minimum atomic E-state index is -0.284. The molecule has 16 heavy (non-hydrogen) atoms. The van der Waals surface area contributed by atoms with E-state index in [1.54, 1.807) is 7.11 Å². The molecule has 2 aliphatic heterocycles. The first-order chi connectivity index (χ1) is 7.81. The van der Waals surface area contributed by atoms with E-state index in [9.17, 15) is 4.79 Å². The lowest BCUT2D eigenvalue weighted by Crippen LogP contribution is -2.51. The number of morpholine rings is 1. The Hall–Kier alpha value is -0.650. The standard InChI is InChI=1S/C11H20N2O3/c1-15-9-2-5-13(6-3-9)11(14)10-8-12-4-7-16-10/h9-10,12H,2-8H2,1H3. The molecule has 2 fully saturated rings. The average molecular weight is 228 g/mol. The zero-order valence-electron chi connectivity index (χ0n) is 9.78. The maximum Gasteiger partial charge on any atom is 0.253 e. The van der Waals surface area contributed by atoms with Gasteiger partial charge in [-0.25, -0.2) is 0 Å². The van der Waals surface area contributed by atoms with Gasteiger partial charge in [0.2, 0.25) is 0 Å². The van der Waals surface area contributed by atoms with Crippen LogP contribution in [0.2, 0.25) is 0 Å². The summed E-state index contributed by atoms with van der Waals surface area (Å²) in [5, 5.41) is 3.18. The van der Waals surface area contributed by atoms with Crippen molar-refractivity contribution in [2.75, 3.05) is 39.9 Å². The lowest BCUT2D eigenvalue weighted by Gasteiger charge is -2.34. The van der Waals surface area contributed by atoms with E-state index in [2.05, 4.69) is 5.32 Å². The normalized spacial score (nSPS) is 28.1. The molecule has 2 aliphatic rings. The number of amides is 1. The van der Waals surface area contributed by atoms with Crippen molar-refractivity contribution >= 4 is 5.91 Å². The van der Waals surface area contributed by atoms with Gasteiger partial charge in [-0.3, -0.25) is 4.79 Å². The quantitative estimate of drug-likeness (QED) is 0.699. The minimum absolute atomic E-state index is 0.127. The highest BCUT2D eigenvalue weighted by Gasteiger charge is 2.29. The van der Waals surface area contributed by atoms with Crippen LogP contribution in [0.5, 0.6) is 0 Å². The summed E-state index contributed by atoms with van der Waals surface area (Å²) in [6.07, 6.45) is 1.90. The molecule has 0 aromatic heterocycles. The van der Waals surface area contributed by atoms with Gasteiger partial charge < -0.3 is 19.7 Å². The summed E-state index contributed by atoms with van der Waals surface area (Å²) < 4.78 is 10.7. The molecule has 0 aromatic rings. The molecule has 0 aromatic carbocycles. The van der Waals surface area contributed by atoms with E-state index in [4.69, 9.17) is 9.47 Å². The summed E-state index contributed by atoms with van der Waals surface area (Å²) in [7, 11) is 1.73. The van der Waals surface area contributed by atoms with Crippen molar-refractivity contribution in [2.24, 2.45) is 0 Å². The molecule has 2 rings (SSSR count). The fraction of sp³-hybridized carbons (Fsp3) is 0.909. The second-order valence-corrected chi connectivity index (χ2v) is 4.32. The number of ether oxygens (including phenoxy) is 2. The van der Waals surface area contributed by atoms with E-state index >= 15 is 0 Å². The predicted molar refractivity (Wildman–Crippen MR) is 59.2 cm³/mol. The maximum atomic E-state index is 12.1. The number of carbonyl (C=O) groups excluding carboxylic acids is 1. The Kier molecular flexibility index (Phi) is 4.15. The van der Waals surface area contributed by atoms with Gasteiger partial charge in [0.15, 0.2) is 0 Å². The monoisotopic (exact) mass is 228 g/mol. The summed E-state index contributed by atoms with van der Waals surface area (Å²) in [6.45, 7) is 3.69. The number of methoxy groups -OCH3 is 1. The molecule has 0 aliphatic carbocycles. The van der Waals surface area contributed by atoms with Crippen LogP contribution in [0.3, 0.4) is 0 Å². The number of carbonyl (C=O) groups is 1. The van der Waals surface area contributed by atoms with Crippen LogP contribution in [0.4, 0.5) is 0 Å². The van der Waals surface area contributed by atoms with Crippen LogP contribution in [0.25, 0.3) is 0 Å². The van der Waals surface area contributed by atoms with Gasteiger partial charge in [0, 0.05) is 33.3 Å². The second kappa shape index (κ2) is 5.61. The van der Waals surface area contributed by atoms with Crippen LogP contribution in [0.1, 0.15) is 12.8 Å². The highest BCUT2D eigenvalue weighted by molar-refractivity contribution is 5.81. The Bertz CT molecular complexity index is 233. The lowest BCUT2D eigenvalue weighted by molar-refractivity contribution is -0.147. The summed E-state index contributed by atoms with van der Waals surface area (Å²) in [5.74, 6) is 0.127. The molecule has 1 unspecified atom stereocenters. The van der Waals surface area contributed by atoms with E-state index in [0.29, 0.717) is 19.3 Å². The third kappa shape index (κ3) is 2.72. The van der Waals surface area contributed by atoms with Crippen LogP contribution in [0, 0.1) is 0 Å². The van der Waals surface area contributed by atoms with Gasteiger partial charge in [0.25, 0.3) is 5.91 Å². The molecular formula is C11H20N2O3. The Balaban J connectivity index is 1.81. The van der Waals surface area contributed by atoms with Crippen LogP contribution >= 0.6 is 0 Å². The number of nitrogens with zero attached hydrogens (tertiary/aromatic N) is 1. The molecule has 5 nitrogen and oxygen atoms in total. The third-order valence-corrected chi connectivity index (χ3v) is 3.29. The van der Waals surface area contributed by atoms with Crippen molar-refractivity contribution in [3.8, 4) is 0 Å². The highest BCUT2D eigenvalue weighted by Crippen LogP contribution is 2.14. The first-order valence-electron chi connectivity index (χ1n) is 5.95. The van der Waals surface area contributed by atoms with Gasteiger partial charge in [-0.05, 0) is 12.8 Å². The first-order valence-corrected chi connectivity index (χ1v) is 5.95. The summed E-state index contributed by atoms with van der Waals surface area (Å²) >= 11 is 0. The predicted octanol–water partition coefficient (Wildman–Crippen LogP) is -0.388. The van der Waals surface area contributed by atoms with Gasteiger partial charge in [-0.15, -0.1) is 0 Å². The molecule has 92 valence electrons. The van der Waals surface area contributed by atoms with Crippen molar-refractivity contribution in [1.82, 2.24) is 10.2 Å². The van der Waals surface area contributed by atoms with E-state index in [1.165, 1.54) is 0 Å². The summed E-state index contributed by atoms with van der Waals surface area (Å²) in [5.41, 5.74) is 0. The zero-order valence-corrected chi connectivity index (χ0v) is 9.78. The second-order valence-electron chi connectivity index (χ2n) is 4.32. The Labute approximate surface area is 96.1 Å². The third-order valence-electron chi connectivity index (χ3n) is 3.29. The molecule has 0 spiro atoms. The Morgan fingerprint density at radius 1 is 1.44 bits per heavy atom. The minimum Gasteiger partial charge on any atom is -0.381 e. The Morgan fingerprint density at radius 3 is 2.75 bits per heavy atom. The van der Waals surface area contributed by atoms with E-state index in [1.807, 2.05) is 4.90 Å². The van der Waals surface area contributed by atoms with Crippen LogP contribution < -0.4 is 5.32 Å². The smallest absolute Gasteiger partial charge is 0.253 e. The zero-order chi connectivity index (χ0) is 11.4. The highest BCUT2D eigenvalue weighted by atomic mass is 16.5. The van der Waals surface area contributed by atoms with Crippen molar-refractivity contribution in [3.05, 3.63) is 0 Å². The lowest BCUT2D eigenvalue weighted by atomic mass is 10.1. The molecule has 0 radical (unpaired) electrons. The average Bonchev–Trinajstić information content (AvgIpc) is 2.39. The van der Waals surface area contributed by atoms with E-state index < -0.39 is 0 Å². The number of hydrogen-bond donors (Lipinski definition) is 1. The van der Waals surface area contributed by atoms with E-state index in [0.717, 1.165) is 32.5 Å². The number of rotatable bonds is 2. The molecular weight excluding hydrogens is 208 g/mol. The first kappa shape index (κ1) is 11.8. The number of piperidine rings is 1. The molecule has 0 saturated carbocycles. The van der Waals surface area contributed by atoms with Crippen molar-refractivity contribution in [1.29, 1.82) is 0 Å². The van der Waals surface area contributed by atoms with E-state index in [-0.39, 0.29) is 12.0 Å². The van der Waals surface area contributed by atoms with Gasteiger partial charge in [-0.2, -0.15) is 0 Å². The maximum absolute atomic E-state index is 12.1. The fourth-order valence-electron chi connectivity index (χ4n) is 2.24. The molecule has 2 saturated heterocycles. The van der Waals surface area contributed by atoms with Crippen LogP contribution in [-0.4, -0.2) is 62.9 Å². The number of hydrogen-bond acceptors (Lipinski definition) is 4. The van der Waals surface area contributed by atoms with Crippen molar-refractivity contribution in [3.63, 3.8) is 0 Å². The van der Waals surface area contributed by atoms with Gasteiger partial charge in [-0.1, -0.05) is 0 Å². The molecule has 5 heteroatoms. The van der Waals surface area contributed by atoms with Crippen molar-refractivity contribution in [2.45, 2.75) is 25.0 Å². The SMILES string of the molecule is COC1CCN(C(=O)C2CNCCO2)CC1. The van der Waals surface area contributed by atoms with Crippen LogP contribution in [-0.2, 0) is 14.3 Å². The van der Waals surface area contributed by atoms with Crippen LogP contribution in [0.15, 0.2) is 0 Å². The molecule has 1 atom stereocenters. The van der Waals surface area contributed by atoms with Gasteiger partial charge in [0.05, 0.1) is 12.7 Å². The molecule has 1 N–H and O–H groups in total. The summed E-state index contributed by atoms with van der Waals surface area (Å²) in [4.78, 5) is 14.0. The largest absolute Gasteiger partial charge is 0.381 e. The number of nitrogens with one attached hydrogen (secondary N) is 1. The molecule has 2 heterocycles. The topological polar surface area (TPSA) is 50.8 Å².